The highest BCUT2D eigenvalue weighted by Crippen LogP contribution is 2.16. The molecule has 0 unspecified atom stereocenters. The highest BCUT2D eigenvalue weighted by atomic mass is 35.5. The van der Waals surface area contributed by atoms with Crippen molar-refractivity contribution < 1.29 is 14.3 Å². The smallest absolute Gasteiger partial charge is 0.280 e. The summed E-state index contributed by atoms with van der Waals surface area (Å²) in [6.45, 7) is -0.00882. The summed E-state index contributed by atoms with van der Waals surface area (Å²) < 4.78 is 5.57. The first kappa shape index (κ1) is 17.5. The molecule has 8 heteroatoms. The van der Waals surface area contributed by atoms with Gasteiger partial charge in [0, 0.05) is 18.6 Å². The Bertz CT molecular complexity index is 637. The summed E-state index contributed by atoms with van der Waals surface area (Å²) in [5, 5.41) is 2.13. The van der Waals surface area contributed by atoms with E-state index < -0.39 is 11.8 Å². The molecule has 0 aliphatic carbocycles. The van der Waals surface area contributed by atoms with Gasteiger partial charge in [0.1, 0.15) is 6.61 Å². The second kappa shape index (κ2) is 8.71. The third-order valence-corrected chi connectivity index (χ3v) is 2.57. The molecule has 0 aromatic carbocycles. The number of halogens is 1. The fourth-order valence-electron chi connectivity index (χ4n) is 1.55. The van der Waals surface area contributed by atoms with E-state index in [0.717, 1.165) is 5.56 Å². The van der Waals surface area contributed by atoms with E-state index in [2.05, 4.69) is 15.3 Å². The molecule has 116 valence electrons. The van der Waals surface area contributed by atoms with E-state index in [1.54, 1.807) is 36.7 Å². The van der Waals surface area contributed by atoms with Crippen molar-refractivity contribution in [2.45, 2.75) is 6.61 Å². The van der Waals surface area contributed by atoms with E-state index >= 15 is 0 Å². The Morgan fingerprint density at radius 2 is 1.91 bits per heavy atom. The first-order chi connectivity index (χ1) is 10.2. The van der Waals surface area contributed by atoms with Crippen molar-refractivity contribution in [3.05, 3.63) is 54.1 Å². The highest BCUT2D eigenvalue weighted by Gasteiger charge is 2.16. The van der Waals surface area contributed by atoms with Crippen LogP contribution in [0.5, 0.6) is 5.75 Å². The fraction of sp³-hybridized carbons (Fsp3) is 0.143. The molecule has 0 radical (unpaired) electrons. The summed E-state index contributed by atoms with van der Waals surface area (Å²) in [5.41, 5.74) is 6.09. The monoisotopic (exact) mass is 322 g/mol. The van der Waals surface area contributed by atoms with Crippen molar-refractivity contribution in [2.75, 3.05) is 6.54 Å². The molecule has 2 rings (SSSR count). The lowest BCUT2D eigenvalue weighted by Gasteiger charge is -2.10. The summed E-state index contributed by atoms with van der Waals surface area (Å²) in [5.74, 6) is -0.932. The molecule has 0 spiro atoms. The van der Waals surface area contributed by atoms with Crippen molar-refractivity contribution in [1.29, 1.82) is 0 Å². The zero-order valence-corrected chi connectivity index (χ0v) is 12.4. The minimum Gasteiger partial charge on any atom is -0.486 e. The first-order valence-corrected chi connectivity index (χ1v) is 6.21. The Balaban J connectivity index is 0.00000242. The fourth-order valence-corrected chi connectivity index (χ4v) is 1.55. The van der Waals surface area contributed by atoms with Gasteiger partial charge in [0.15, 0.2) is 11.4 Å². The van der Waals surface area contributed by atoms with E-state index in [0.29, 0.717) is 0 Å². The van der Waals surface area contributed by atoms with Gasteiger partial charge in [-0.3, -0.25) is 19.9 Å². The zero-order chi connectivity index (χ0) is 15.1. The molecule has 2 amide bonds. The predicted octanol–water partition coefficient (Wildman–Crippen LogP) is 0.692. The number of ether oxygens (including phenoxy) is 1. The second-order valence-electron chi connectivity index (χ2n) is 4.08. The second-order valence-corrected chi connectivity index (χ2v) is 4.08. The molecule has 0 fully saturated rings. The lowest BCUT2D eigenvalue weighted by molar-refractivity contribution is -0.118. The predicted molar refractivity (Wildman–Crippen MR) is 81.6 cm³/mol. The van der Waals surface area contributed by atoms with Gasteiger partial charge in [0.2, 0.25) is 5.91 Å². The van der Waals surface area contributed by atoms with Crippen LogP contribution in [-0.2, 0) is 11.4 Å². The third-order valence-electron chi connectivity index (χ3n) is 2.57. The van der Waals surface area contributed by atoms with Gasteiger partial charge in [0.05, 0.1) is 6.54 Å². The number of amides is 2. The van der Waals surface area contributed by atoms with Crippen LogP contribution >= 0.6 is 12.4 Å². The maximum atomic E-state index is 11.9. The first-order valence-electron chi connectivity index (χ1n) is 6.21. The number of nitrogens with one attached hydrogen (secondary N) is 1. The molecule has 0 saturated carbocycles. The van der Waals surface area contributed by atoms with Gasteiger partial charge in [-0.15, -0.1) is 12.4 Å². The van der Waals surface area contributed by atoms with Crippen molar-refractivity contribution in [1.82, 2.24) is 15.3 Å². The zero-order valence-electron chi connectivity index (χ0n) is 11.6. The quantitative estimate of drug-likeness (QED) is 0.838. The van der Waals surface area contributed by atoms with Crippen LogP contribution in [0.15, 0.2) is 42.9 Å². The van der Waals surface area contributed by atoms with Gasteiger partial charge in [-0.1, -0.05) is 0 Å². The van der Waals surface area contributed by atoms with Gasteiger partial charge in [-0.2, -0.15) is 0 Å². The van der Waals surface area contributed by atoms with Crippen LogP contribution in [0.2, 0.25) is 0 Å². The number of hydrogen-bond donors (Lipinski definition) is 2. The SMILES string of the molecule is Cl.NCC(=O)NC(=O)c1ncccc1OCc1ccncc1. The number of hydrogen-bond acceptors (Lipinski definition) is 6. The van der Waals surface area contributed by atoms with Crippen LogP contribution in [0.3, 0.4) is 0 Å². The molecule has 0 bridgehead atoms. The number of carbonyl (C=O) groups excluding carboxylic acids is 2. The van der Waals surface area contributed by atoms with Crippen LogP contribution in [0.4, 0.5) is 0 Å². The molecule has 3 N–H and O–H groups in total. The van der Waals surface area contributed by atoms with Crippen LogP contribution in [0.1, 0.15) is 16.1 Å². The molecule has 7 nitrogen and oxygen atoms in total. The highest BCUT2D eigenvalue weighted by molar-refractivity contribution is 6.05. The third kappa shape index (κ3) is 4.80. The van der Waals surface area contributed by atoms with Gasteiger partial charge in [0.25, 0.3) is 5.91 Å². The molecule has 2 aromatic heterocycles. The van der Waals surface area contributed by atoms with Crippen LogP contribution < -0.4 is 15.8 Å². The van der Waals surface area contributed by atoms with Crippen LogP contribution in [0, 0.1) is 0 Å². The van der Waals surface area contributed by atoms with Crippen molar-refractivity contribution in [3.8, 4) is 5.75 Å². The Hall–Kier alpha value is -2.51. The van der Waals surface area contributed by atoms with Crippen molar-refractivity contribution >= 4 is 24.2 Å². The summed E-state index contributed by atoms with van der Waals surface area (Å²) in [6, 6.07) is 6.85. The molecule has 0 aliphatic rings. The number of imide groups is 1. The van der Waals surface area contributed by atoms with Gasteiger partial charge >= 0.3 is 0 Å². The number of pyridine rings is 2. The molecule has 0 saturated heterocycles. The number of carbonyl (C=O) groups is 2. The molecule has 0 aliphatic heterocycles. The molecule has 2 heterocycles. The maximum absolute atomic E-state index is 11.9. The van der Waals surface area contributed by atoms with E-state index in [9.17, 15) is 9.59 Å². The molecular weight excluding hydrogens is 308 g/mol. The van der Waals surface area contributed by atoms with Crippen molar-refractivity contribution in [3.63, 3.8) is 0 Å². The minimum atomic E-state index is -0.643. The van der Waals surface area contributed by atoms with Crippen LogP contribution in [-0.4, -0.2) is 28.3 Å². The maximum Gasteiger partial charge on any atom is 0.280 e. The number of aromatic nitrogens is 2. The van der Waals surface area contributed by atoms with Gasteiger partial charge < -0.3 is 10.5 Å². The topological polar surface area (TPSA) is 107 Å². The summed E-state index contributed by atoms with van der Waals surface area (Å²) in [4.78, 5) is 30.9. The van der Waals surface area contributed by atoms with Crippen LogP contribution in [0.25, 0.3) is 0 Å². The van der Waals surface area contributed by atoms with Crippen molar-refractivity contribution in [2.24, 2.45) is 5.73 Å². The van der Waals surface area contributed by atoms with E-state index in [-0.39, 0.29) is 37.0 Å². The average Bonchev–Trinajstić information content (AvgIpc) is 2.54. The summed E-state index contributed by atoms with van der Waals surface area (Å²) in [6.07, 6.45) is 4.74. The average molecular weight is 323 g/mol. The Labute approximate surface area is 133 Å². The Kier molecular flexibility index (Phi) is 6.94. The normalized spacial score (nSPS) is 9.50. The minimum absolute atomic E-state index is 0. The van der Waals surface area contributed by atoms with E-state index in [1.807, 2.05) is 0 Å². The number of rotatable bonds is 5. The largest absolute Gasteiger partial charge is 0.486 e. The van der Waals surface area contributed by atoms with Gasteiger partial charge in [-0.05, 0) is 29.8 Å². The van der Waals surface area contributed by atoms with Gasteiger partial charge in [-0.25, -0.2) is 4.98 Å². The number of nitrogens with zero attached hydrogens (tertiary/aromatic N) is 2. The van der Waals surface area contributed by atoms with E-state index in [4.69, 9.17) is 10.5 Å². The van der Waals surface area contributed by atoms with E-state index in [1.165, 1.54) is 6.20 Å². The molecule has 22 heavy (non-hydrogen) atoms. The Morgan fingerprint density at radius 3 is 2.59 bits per heavy atom. The summed E-state index contributed by atoms with van der Waals surface area (Å²) >= 11 is 0. The lowest BCUT2D eigenvalue weighted by atomic mass is 10.3. The molecular formula is C14H15ClN4O3. The molecule has 2 aromatic rings. The lowest BCUT2D eigenvalue weighted by Crippen LogP contribution is -2.36. The molecule has 0 atom stereocenters. The standard InChI is InChI=1S/C14H14N4O3.ClH/c15-8-12(19)18-14(20)13-11(2-1-5-17-13)21-9-10-3-6-16-7-4-10;/h1-7H,8-9,15H2,(H,18,19,20);1H. The Morgan fingerprint density at radius 1 is 1.18 bits per heavy atom. The number of nitrogens with two attached hydrogens (primary N) is 1. The summed E-state index contributed by atoms with van der Waals surface area (Å²) in [7, 11) is 0.